The van der Waals surface area contributed by atoms with Crippen LogP contribution in [-0.4, -0.2) is 48.0 Å². The average Bonchev–Trinajstić information content (AvgIpc) is 2.67. The Morgan fingerprint density at radius 1 is 1.23 bits per heavy atom. The van der Waals surface area contributed by atoms with Crippen molar-refractivity contribution in [3.63, 3.8) is 0 Å². The fourth-order valence-corrected chi connectivity index (χ4v) is 5.07. The predicted molar refractivity (Wildman–Crippen MR) is 112 cm³/mol. The summed E-state index contributed by atoms with van der Waals surface area (Å²) in [6, 6.07) is 4.42. The summed E-state index contributed by atoms with van der Waals surface area (Å²) < 4.78 is 21.0. The summed E-state index contributed by atoms with van der Waals surface area (Å²) in [5.41, 5.74) is 0.190. The van der Waals surface area contributed by atoms with Gasteiger partial charge in [0.05, 0.1) is 12.0 Å². The summed E-state index contributed by atoms with van der Waals surface area (Å²) in [6.45, 7) is 7.64. The molecule has 3 amide bonds. The Hall–Kier alpha value is -2.48. The van der Waals surface area contributed by atoms with Crippen LogP contribution < -0.4 is 10.6 Å². The van der Waals surface area contributed by atoms with Gasteiger partial charge in [-0.05, 0) is 64.8 Å². The van der Waals surface area contributed by atoms with Crippen molar-refractivity contribution in [1.29, 1.82) is 0 Å². The van der Waals surface area contributed by atoms with E-state index >= 15 is 4.39 Å². The SMILES string of the molecule is CC(C)(C)OC(=O)N1CC2(CCNCC2)C1c1ccc(C2CCC(=O)NC2=O)cc1F. The van der Waals surface area contributed by atoms with Crippen LogP contribution in [0, 0.1) is 11.2 Å². The maximum absolute atomic E-state index is 15.4. The van der Waals surface area contributed by atoms with Gasteiger partial charge in [0.15, 0.2) is 0 Å². The summed E-state index contributed by atoms with van der Waals surface area (Å²) in [5.74, 6) is -1.67. The maximum Gasteiger partial charge on any atom is 0.410 e. The van der Waals surface area contributed by atoms with E-state index in [0.717, 1.165) is 25.9 Å². The monoisotopic (exact) mass is 431 g/mol. The molecule has 0 bridgehead atoms. The summed E-state index contributed by atoms with van der Waals surface area (Å²) in [4.78, 5) is 38.1. The molecule has 8 heteroatoms. The van der Waals surface area contributed by atoms with Crippen LogP contribution in [0.1, 0.15) is 69.5 Å². The number of carbonyl (C=O) groups is 3. The normalized spacial score (nSPS) is 25.7. The van der Waals surface area contributed by atoms with Gasteiger partial charge in [-0.3, -0.25) is 19.8 Å². The highest BCUT2D eigenvalue weighted by Crippen LogP contribution is 2.55. The molecular weight excluding hydrogens is 401 g/mol. The number of nitrogens with one attached hydrogen (secondary N) is 2. The predicted octanol–water partition coefficient (Wildman–Crippen LogP) is 3.01. The molecule has 0 aromatic heterocycles. The molecule has 2 unspecified atom stereocenters. The lowest BCUT2D eigenvalue weighted by molar-refractivity contribution is -0.134. The highest BCUT2D eigenvalue weighted by atomic mass is 19.1. The van der Waals surface area contributed by atoms with Crippen molar-refractivity contribution in [1.82, 2.24) is 15.5 Å². The third-order valence-electron chi connectivity index (χ3n) is 6.56. The van der Waals surface area contributed by atoms with Crippen molar-refractivity contribution in [2.45, 2.75) is 64.0 Å². The van der Waals surface area contributed by atoms with Crippen LogP contribution >= 0.6 is 0 Å². The first-order valence-corrected chi connectivity index (χ1v) is 10.9. The van der Waals surface area contributed by atoms with Gasteiger partial charge in [0.25, 0.3) is 0 Å². The number of piperidine rings is 2. The number of benzene rings is 1. The Balaban J connectivity index is 1.63. The highest BCUT2D eigenvalue weighted by Gasteiger charge is 2.56. The second-order valence-corrected chi connectivity index (χ2v) is 9.91. The first-order valence-electron chi connectivity index (χ1n) is 10.9. The largest absolute Gasteiger partial charge is 0.444 e. The van der Waals surface area contributed by atoms with Crippen LogP contribution in [0.3, 0.4) is 0 Å². The van der Waals surface area contributed by atoms with Gasteiger partial charge in [0.1, 0.15) is 11.4 Å². The number of nitrogens with zero attached hydrogens (tertiary/aromatic N) is 1. The lowest BCUT2D eigenvalue weighted by Crippen LogP contribution is -2.64. The van der Waals surface area contributed by atoms with Gasteiger partial charge in [0.2, 0.25) is 11.8 Å². The Morgan fingerprint density at radius 2 is 1.94 bits per heavy atom. The van der Waals surface area contributed by atoms with Gasteiger partial charge < -0.3 is 10.1 Å². The van der Waals surface area contributed by atoms with Crippen LogP contribution in [0.4, 0.5) is 9.18 Å². The van der Waals surface area contributed by atoms with Crippen molar-refractivity contribution in [2.75, 3.05) is 19.6 Å². The van der Waals surface area contributed by atoms with E-state index < -0.39 is 35.4 Å². The van der Waals surface area contributed by atoms with E-state index in [4.69, 9.17) is 4.74 Å². The van der Waals surface area contributed by atoms with Gasteiger partial charge in [-0.25, -0.2) is 9.18 Å². The summed E-state index contributed by atoms with van der Waals surface area (Å²) >= 11 is 0. The van der Waals surface area contributed by atoms with Gasteiger partial charge >= 0.3 is 6.09 Å². The Kier molecular flexibility index (Phi) is 5.54. The molecule has 4 rings (SSSR count). The molecule has 0 aliphatic carbocycles. The molecule has 3 saturated heterocycles. The van der Waals surface area contributed by atoms with Crippen molar-refractivity contribution in [3.8, 4) is 0 Å². The quantitative estimate of drug-likeness (QED) is 0.703. The molecule has 1 spiro atoms. The molecular formula is C23H30FN3O4. The number of imide groups is 1. The summed E-state index contributed by atoms with van der Waals surface area (Å²) in [7, 11) is 0. The molecule has 1 aromatic rings. The molecule has 1 aromatic carbocycles. The van der Waals surface area contributed by atoms with Crippen LogP contribution in [0.2, 0.25) is 0 Å². The third kappa shape index (κ3) is 4.18. The molecule has 3 fully saturated rings. The Bertz CT molecular complexity index is 905. The lowest BCUT2D eigenvalue weighted by atomic mass is 9.63. The topological polar surface area (TPSA) is 87.7 Å². The van der Waals surface area contributed by atoms with E-state index in [1.807, 2.05) is 20.8 Å². The van der Waals surface area contributed by atoms with E-state index in [9.17, 15) is 14.4 Å². The third-order valence-corrected chi connectivity index (χ3v) is 6.56. The fourth-order valence-electron chi connectivity index (χ4n) is 5.07. The van der Waals surface area contributed by atoms with E-state index in [0.29, 0.717) is 24.1 Å². The number of rotatable bonds is 2. The van der Waals surface area contributed by atoms with Crippen molar-refractivity contribution >= 4 is 17.9 Å². The second kappa shape index (κ2) is 7.89. The number of ether oxygens (including phenoxy) is 1. The van der Waals surface area contributed by atoms with E-state index in [-0.39, 0.29) is 17.7 Å². The zero-order chi connectivity index (χ0) is 22.4. The number of carbonyl (C=O) groups excluding carboxylic acids is 3. The van der Waals surface area contributed by atoms with Crippen molar-refractivity contribution in [3.05, 3.63) is 35.1 Å². The lowest BCUT2D eigenvalue weighted by Gasteiger charge is -2.59. The number of halogens is 1. The van der Waals surface area contributed by atoms with Crippen LogP contribution in [0.15, 0.2) is 18.2 Å². The first-order chi connectivity index (χ1) is 14.6. The maximum atomic E-state index is 15.4. The minimum absolute atomic E-state index is 0.181. The zero-order valence-electron chi connectivity index (χ0n) is 18.3. The molecule has 0 radical (unpaired) electrons. The van der Waals surface area contributed by atoms with Crippen LogP contribution in [0.25, 0.3) is 0 Å². The minimum atomic E-state index is -0.632. The molecule has 0 saturated carbocycles. The molecule has 31 heavy (non-hydrogen) atoms. The van der Waals surface area contributed by atoms with E-state index in [1.165, 1.54) is 6.07 Å². The second-order valence-electron chi connectivity index (χ2n) is 9.91. The fraction of sp³-hybridized carbons (Fsp3) is 0.609. The standard InChI is InChI=1S/C23H30FN3O4/c1-22(2,3)31-21(30)27-13-23(8-10-25-11-9-23)19(27)16-5-4-14(12-17(16)24)15-6-7-18(28)26-20(15)29/h4-5,12,15,19,25H,6-11,13H2,1-3H3,(H,26,28,29). The highest BCUT2D eigenvalue weighted by molar-refractivity contribution is 6.00. The molecule has 168 valence electrons. The molecule has 2 N–H and O–H groups in total. The van der Waals surface area contributed by atoms with Gasteiger partial charge in [0, 0.05) is 23.9 Å². The average molecular weight is 432 g/mol. The van der Waals surface area contributed by atoms with Gasteiger partial charge in [-0.15, -0.1) is 0 Å². The number of amides is 3. The van der Waals surface area contributed by atoms with Crippen LogP contribution in [0.5, 0.6) is 0 Å². The molecule has 3 aliphatic heterocycles. The van der Waals surface area contributed by atoms with Crippen LogP contribution in [-0.2, 0) is 14.3 Å². The minimum Gasteiger partial charge on any atom is -0.444 e. The Morgan fingerprint density at radius 3 is 2.55 bits per heavy atom. The summed E-state index contributed by atoms with van der Waals surface area (Å²) in [6.07, 6.45) is 1.88. The molecule has 7 nitrogen and oxygen atoms in total. The van der Waals surface area contributed by atoms with Crippen molar-refractivity contribution < 1.29 is 23.5 Å². The number of hydrogen-bond donors (Lipinski definition) is 2. The first kappa shape index (κ1) is 21.7. The van der Waals surface area contributed by atoms with Gasteiger partial charge in [-0.2, -0.15) is 0 Å². The van der Waals surface area contributed by atoms with E-state index in [2.05, 4.69) is 10.6 Å². The summed E-state index contributed by atoms with van der Waals surface area (Å²) in [5, 5.41) is 5.66. The van der Waals surface area contributed by atoms with E-state index in [1.54, 1.807) is 17.0 Å². The Labute approximate surface area is 181 Å². The zero-order valence-corrected chi connectivity index (χ0v) is 18.3. The smallest absolute Gasteiger partial charge is 0.410 e. The molecule has 2 atom stereocenters. The van der Waals surface area contributed by atoms with Crippen molar-refractivity contribution in [2.24, 2.45) is 5.41 Å². The number of likely N-dealkylation sites (tertiary alicyclic amines) is 1. The number of hydrogen-bond acceptors (Lipinski definition) is 5. The van der Waals surface area contributed by atoms with Gasteiger partial charge in [-0.1, -0.05) is 12.1 Å². The molecule has 3 heterocycles. The molecule has 3 aliphatic rings.